The zero-order valence-corrected chi connectivity index (χ0v) is 14.4. The summed E-state index contributed by atoms with van der Waals surface area (Å²) in [5.41, 5.74) is 1.44. The molecule has 7 nitrogen and oxygen atoms in total. The first-order chi connectivity index (χ1) is 12.0. The number of thiophene rings is 1. The Hall–Kier alpha value is -2.87. The molecule has 25 heavy (non-hydrogen) atoms. The number of aryl methyl sites for hydroxylation is 2. The second-order valence-corrected chi connectivity index (χ2v) is 6.64. The molecule has 2 N–H and O–H groups in total. The third kappa shape index (κ3) is 2.74. The molecule has 0 atom stereocenters. The van der Waals surface area contributed by atoms with Crippen LogP contribution in [0.5, 0.6) is 11.5 Å². The molecule has 0 spiro atoms. The summed E-state index contributed by atoms with van der Waals surface area (Å²) in [6.07, 6.45) is 0. The number of nitrogens with zero attached hydrogens (tertiary/aromatic N) is 2. The Morgan fingerprint density at radius 2 is 1.96 bits per heavy atom. The minimum absolute atomic E-state index is 0.278. The highest BCUT2D eigenvalue weighted by molar-refractivity contribution is 7.20. The van der Waals surface area contributed by atoms with E-state index in [0.717, 1.165) is 22.4 Å². The average molecular weight is 357 g/mol. The molecular weight excluding hydrogens is 342 g/mol. The summed E-state index contributed by atoms with van der Waals surface area (Å²) in [6, 6.07) is 5.55. The van der Waals surface area contributed by atoms with Crippen molar-refractivity contribution < 1.29 is 19.4 Å². The Bertz CT molecular complexity index is 999. The number of carboxylic acids is 1. The Kier molecular flexibility index (Phi) is 3.69. The van der Waals surface area contributed by atoms with Gasteiger partial charge in [0, 0.05) is 11.8 Å². The molecule has 2 aromatic heterocycles. The van der Waals surface area contributed by atoms with E-state index >= 15 is 0 Å². The maximum atomic E-state index is 11.4. The summed E-state index contributed by atoms with van der Waals surface area (Å²) in [7, 11) is 0. The number of fused-ring (bicyclic) bond motifs is 2. The fraction of sp³-hybridized carbons (Fsp3) is 0.235. The van der Waals surface area contributed by atoms with E-state index in [0.29, 0.717) is 46.7 Å². The van der Waals surface area contributed by atoms with Gasteiger partial charge < -0.3 is 19.9 Å². The number of anilines is 2. The fourth-order valence-electron chi connectivity index (χ4n) is 2.80. The van der Waals surface area contributed by atoms with Crippen molar-refractivity contribution >= 4 is 39.0 Å². The van der Waals surface area contributed by atoms with Gasteiger partial charge in [-0.05, 0) is 31.5 Å². The molecule has 0 radical (unpaired) electrons. The lowest BCUT2D eigenvalue weighted by atomic mass is 10.2. The second-order valence-electron chi connectivity index (χ2n) is 5.64. The molecule has 128 valence electrons. The van der Waals surface area contributed by atoms with E-state index in [1.807, 2.05) is 18.2 Å². The first-order valence-corrected chi connectivity index (χ1v) is 8.52. The predicted octanol–water partition coefficient (Wildman–Crippen LogP) is 3.52. The summed E-state index contributed by atoms with van der Waals surface area (Å²) < 4.78 is 11.1. The van der Waals surface area contributed by atoms with Crippen molar-refractivity contribution in [2.45, 2.75) is 13.8 Å². The van der Waals surface area contributed by atoms with Crippen molar-refractivity contribution in [1.82, 2.24) is 9.97 Å². The Labute approximate surface area is 147 Å². The van der Waals surface area contributed by atoms with Crippen molar-refractivity contribution in [2.75, 3.05) is 18.5 Å². The molecule has 3 aromatic rings. The smallest absolute Gasteiger partial charge is 0.346 e. The number of hydrogen-bond donors (Lipinski definition) is 2. The van der Waals surface area contributed by atoms with Gasteiger partial charge in [-0.1, -0.05) is 0 Å². The molecular formula is C17H15N3O4S. The van der Waals surface area contributed by atoms with Gasteiger partial charge in [-0.2, -0.15) is 0 Å². The van der Waals surface area contributed by atoms with Gasteiger partial charge >= 0.3 is 5.97 Å². The Morgan fingerprint density at radius 3 is 2.72 bits per heavy atom. The zero-order chi connectivity index (χ0) is 17.6. The molecule has 0 fully saturated rings. The molecule has 0 amide bonds. The number of benzene rings is 1. The van der Waals surface area contributed by atoms with Crippen molar-refractivity contribution in [3.63, 3.8) is 0 Å². The molecule has 1 aliphatic rings. The highest BCUT2D eigenvalue weighted by Crippen LogP contribution is 2.37. The van der Waals surface area contributed by atoms with Gasteiger partial charge in [0.1, 0.15) is 34.6 Å². The number of carbonyl (C=O) groups is 1. The van der Waals surface area contributed by atoms with Crippen LogP contribution in [-0.2, 0) is 0 Å². The van der Waals surface area contributed by atoms with Crippen LogP contribution < -0.4 is 14.8 Å². The molecule has 0 unspecified atom stereocenters. The van der Waals surface area contributed by atoms with Gasteiger partial charge in [-0.3, -0.25) is 0 Å². The van der Waals surface area contributed by atoms with Crippen LogP contribution in [0, 0.1) is 13.8 Å². The molecule has 4 rings (SSSR count). The standard InChI is InChI=1S/C17H15N3O4S/c1-8-13-15(18-9(2)19-16(13)25-14(8)17(21)22)20-10-3-4-11-12(7-10)24-6-5-23-11/h3-4,7H,5-6H2,1-2H3,(H,21,22)(H,18,19,20). The third-order valence-corrected chi connectivity index (χ3v) is 5.07. The molecule has 0 saturated heterocycles. The van der Waals surface area contributed by atoms with E-state index in [2.05, 4.69) is 15.3 Å². The second kappa shape index (κ2) is 5.89. The summed E-state index contributed by atoms with van der Waals surface area (Å²) in [5.74, 6) is 1.59. The van der Waals surface area contributed by atoms with Crippen LogP contribution in [0.4, 0.5) is 11.5 Å². The van der Waals surface area contributed by atoms with Gasteiger partial charge in [-0.15, -0.1) is 11.3 Å². The average Bonchev–Trinajstić information content (AvgIpc) is 2.91. The van der Waals surface area contributed by atoms with E-state index in [1.54, 1.807) is 13.8 Å². The molecule has 0 aliphatic carbocycles. The minimum atomic E-state index is -0.955. The van der Waals surface area contributed by atoms with Crippen LogP contribution in [0.1, 0.15) is 21.1 Å². The maximum Gasteiger partial charge on any atom is 0.346 e. The molecule has 1 aliphatic heterocycles. The van der Waals surface area contributed by atoms with E-state index in [9.17, 15) is 9.90 Å². The van der Waals surface area contributed by atoms with Gasteiger partial charge in [-0.25, -0.2) is 14.8 Å². The van der Waals surface area contributed by atoms with Crippen molar-refractivity contribution in [3.8, 4) is 11.5 Å². The highest BCUT2D eigenvalue weighted by atomic mass is 32.1. The maximum absolute atomic E-state index is 11.4. The first-order valence-electron chi connectivity index (χ1n) is 7.70. The summed E-state index contributed by atoms with van der Waals surface area (Å²) in [4.78, 5) is 21.2. The molecule has 0 bridgehead atoms. The normalized spacial score (nSPS) is 13.0. The Morgan fingerprint density at radius 1 is 1.20 bits per heavy atom. The van der Waals surface area contributed by atoms with Crippen LogP contribution in [0.3, 0.4) is 0 Å². The van der Waals surface area contributed by atoms with Crippen molar-refractivity contribution in [2.24, 2.45) is 0 Å². The van der Waals surface area contributed by atoms with Crippen LogP contribution in [0.25, 0.3) is 10.2 Å². The monoisotopic (exact) mass is 357 g/mol. The van der Waals surface area contributed by atoms with Gasteiger partial charge in [0.2, 0.25) is 0 Å². The van der Waals surface area contributed by atoms with Crippen LogP contribution in [-0.4, -0.2) is 34.3 Å². The molecule has 3 heterocycles. The van der Waals surface area contributed by atoms with E-state index in [-0.39, 0.29) is 4.88 Å². The SMILES string of the molecule is Cc1nc(Nc2ccc3c(c2)OCCO3)c2c(C)c(C(=O)O)sc2n1. The molecule has 8 heteroatoms. The summed E-state index contributed by atoms with van der Waals surface area (Å²) >= 11 is 1.16. The number of rotatable bonds is 3. The fourth-order valence-corrected chi connectivity index (χ4v) is 3.86. The number of nitrogens with one attached hydrogen (secondary N) is 1. The van der Waals surface area contributed by atoms with E-state index < -0.39 is 5.97 Å². The quantitative estimate of drug-likeness (QED) is 0.740. The topological polar surface area (TPSA) is 93.6 Å². The highest BCUT2D eigenvalue weighted by Gasteiger charge is 2.20. The lowest BCUT2D eigenvalue weighted by molar-refractivity contribution is 0.0701. The zero-order valence-electron chi connectivity index (χ0n) is 13.6. The molecule has 0 saturated carbocycles. The lowest BCUT2D eigenvalue weighted by Gasteiger charge is -2.19. The number of hydrogen-bond acceptors (Lipinski definition) is 7. The van der Waals surface area contributed by atoms with Crippen molar-refractivity contribution in [3.05, 3.63) is 34.5 Å². The van der Waals surface area contributed by atoms with E-state index in [4.69, 9.17) is 9.47 Å². The van der Waals surface area contributed by atoms with Crippen molar-refractivity contribution in [1.29, 1.82) is 0 Å². The van der Waals surface area contributed by atoms with Gasteiger partial charge in [0.25, 0.3) is 0 Å². The number of carboxylic acid groups (broad SMARTS) is 1. The number of ether oxygens (including phenoxy) is 2. The third-order valence-electron chi connectivity index (χ3n) is 3.90. The van der Waals surface area contributed by atoms with Gasteiger partial charge in [0.05, 0.1) is 5.39 Å². The summed E-state index contributed by atoms with van der Waals surface area (Å²) in [5, 5.41) is 13.3. The largest absolute Gasteiger partial charge is 0.486 e. The van der Waals surface area contributed by atoms with E-state index in [1.165, 1.54) is 0 Å². The van der Waals surface area contributed by atoms with Crippen LogP contribution >= 0.6 is 11.3 Å². The van der Waals surface area contributed by atoms with Crippen LogP contribution in [0.2, 0.25) is 0 Å². The summed E-state index contributed by atoms with van der Waals surface area (Å²) in [6.45, 7) is 4.61. The van der Waals surface area contributed by atoms with Gasteiger partial charge in [0.15, 0.2) is 11.5 Å². The first kappa shape index (κ1) is 15.6. The van der Waals surface area contributed by atoms with Crippen LogP contribution in [0.15, 0.2) is 18.2 Å². The molecule has 1 aromatic carbocycles. The number of aromatic nitrogens is 2. The number of aromatic carboxylic acids is 1. The Balaban J connectivity index is 1.80. The minimum Gasteiger partial charge on any atom is -0.486 e. The predicted molar refractivity (Wildman–Crippen MR) is 94.6 cm³/mol. The lowest BCUT2D eigenvalue weighted by Crippen LogP contribution is -2.15.